The zero-order chi connectivity index (χ0) is 16.7. The van der Waals surface area contributed by atoms with E-state index in [0.717, 1.165) is 26.3 Å². The lowest BCUT2D eigenvalue weighted by atomic mass is 10.2. The van der Waals surface area contributed by atoms with Gasteiger partial charge in [-0.25, -0.2) is 4.98 Å². The van der Waals surface area contributed by atoms with E-state index in [2.05, 4.69) is 15.3 Å². The molecule has 2 aliphatic rings. The number of nitrogens with two attached hydrogens (primary N) is 1. The molecule has 8 heteroatoms. The summed E-state index contributed by atoms with van der Waals surface area (Å²) in [7, 11) is 0. The van der Waals surface area contributed by atoms with Crippen molar-refractivity contribution in [3.8, 4) is 0 Å². The molecule has 1 aromatic rings. The molecule has 23 heavy (non-hydrogen) atoms. The number of rotatable bonds is 2. The molecule has 0 unspecified atom stereocenters. The molecule has 3 rings (SSSR count). The minimum absolute atomic E-state index is 0.240. The average molecular weight is 357 g/mol. The highest BCUT2D eigenvalue weighted by atomic mass is 35.5. The molecule has 1 aliphatic carbocycles. The van der Waals surface area contributed by atoms with Gasteiger partial charge in [0.2, 0.25) is 0 Å². The van der Waals surface area contributed by atoms with Crippen molar-refractivity contribution in [2.24, 2.45) is 5.73 Å². The molecule has 2 heterocycles. The number of aromatic amines is 1. The van der Waals surface area contributed by atoms with E-state index in [1.807, 2.05) is 0 Å². The number of H-pyrrole nitrogens is 1. The molecule has 0 atom stereocenters. The molecule has 6 nitrogen and oxygen atoms in total. The van der Waals surface area contributed by atoms with Crippen LogP contribution in [0.2, 0.25) is 0 Å². The Balaban J connectivity index is 0.000000268. The Hall–Kier alpha value is -1.60. The number of ether oxygens (including phenoxy) is 1. The monoisotopic (exact) mass is 356 g/mol. The zero-order valence-electron chi connectivity index (χ0n) is 12.4. The minimum atomic E-state index is -0.563. The summed E-state index contributed by atoms with van der Waals surface area (Å²) in [5.74, 6) is -0.0747. The van der Waals surface area contributed by atoms with Gasteiger partial charge in [0.1, 0.15) is 11.5 Å². The number of carbonyl (C=O) groups excluding carboxylic acids is 1. The Morgan fingerprint density at radius 3 is 2.52 bits per heavy atom. The number of carbonyl (C=O) groups is 1. The maximum Gasteiger partial charge on any atom is 0.266 e. The van der Waals surface area contributed by atoms with E-state index in [4.69, 9.17) is 33.7 Å². The van der Waals surface area contributed by atoms with Crippen LogP contribution in [0.15, 0.2) is 34.5 Å². The number of hydrogen-bond donors (Lipinski definition) is 3. The first-order chi connectivity index (χ1) is 11.1. The standard InChI is InChI=1S/C11H9Cl2N3O.C4H9NO/c12-6-1-3-7(8(13)4-2-6)11-15-5-9(16-11)10(14)17;1-3-6-4-2-5-1/h1,3-5H,2H2,(H2,14,17)(H,15,16);5H,1-4H2. The van der Waals surface area contributed by atoms with Gasteiger partial charge < -0.3 is 20.8 Å². The SMILES string of the molecule is C1COCCN1.NC(=O)c1cnc(C2=CC=C(Cl)CC=C2Cl)[nH]1. The van der Waals surface area contributed by atoms with Crippen LogP contribution >= 0.6 is 23.2 Å². The fourth-order valence-corrected chi connectivity index (χ4v) is 2.28. The van der Waals surface area contributed by atoms with Crippen molar-refractivity contribution < 1.29 is 9.53 Å². The quantitative estimate of drug-likeness (QED) is 0.756. The fourth-order valence-electron chi connectivity index (χ4n) is 1.91. The van der Waals surface area contributed by atoms with E-state index in [0.29, 0.717) is 27.9 Å². The normalized spacial score (nSPS) is 17.9. The van der Waals surface area contributed by atoms with E-state index >= 15 is 0 Å². The number of allylic oxidation sites excluding steroid dienone is 6. The Labute approximate surface area is 144 Å². The third-order valence-corrected chi connectivity index (χ3v) is 3.75. The number of nitrogens with zero attached hydrogens (tertiary/aromatic N) is 1. The van der Waals surface area contributed by atoms with E-state index in [1.54, 1.807) is 18.2 Å². The number of primary amides is 1. The summed E-state index contributed by atoms with van der Waals surface area (Å²) in [6.07, 6.45) is 7.22. The number of nitrogens with one attached hydrogen (secondary N) is 2. The van der Waals surface area contributed by atoms with E-state index in [1.165, 1.54) is 6.20 Å². The maximum absolute atomic E-state index is 10.9. The lowest BCUT2D eigenvalue weighted by molar-refractivity contribution is 0.0996. The van der Waals surface area contributed by atoms with Gasteiger partial charge in [-0.2, -0.15) is 0 Å². The van der Waals surface area contributed by atoms with Crippen molar-refractivity contribution in [2.75, 3.05) is 26.3 Å². The molecule has 1 fully saturated rings. The summed E-state index contributed by atoms with van der Waals surface area (Å²) in [6.45, 7) is 3.83. The Morgan fingerprint density at radius 2 is 2.00 bits per heavy atom. The van der Waals surface area contributed by atoms with Crippen LogP contribution in [0.5, 0.6) is 0 Å². The number of hydrogen-bond acceptors (Lipinski definition) is 4. The first-order valence-electron chi connectivity index (χ1n) is 7.14. The predicted molar refractivity (Wildman–Crippen MR) is 91.3 cm³/mol. The van der Waals surface area contributed by atoms with Crippen LogP contribution in [-0.2, 0) is 4.74 Å². The van der Waals surface area contributed by atoms with Gasteiger partial charge >= 0.3 is 0 Å². The summed E-state index contributed by atoms with van der Waals surface area (Å²) < 4.78 is 5.01. The van der Waals surface area contributed by atoms with Crippen molar-refractivity contribution in [1.29, 1.82) is 0 Å². The first-order valence-corrected chi connectivity index (χ1v) is 7.89. The number of imidazole rings is 1. The summed E-state index contributed by atoms with van der Waals surface area (Å²) in [5, 5.41) is 4.37. The highest BCUT2D eigenvalue weighted by molar-refractivity contribution is 6.37. The van der Waals surface area contributed by atoms with Gasteiger partial charge in [-0.1, -0.05) is 29.3 Å². The highest BCUT2D eigenvalue weighted by Crippen LogP contribution is 2.28. The lowest BCUT2D eigenvalue weighted by Gasteiger charge is -2.10. The van der Waals surface area contributed by atoms with Crippen molar-refractivity contribution in [1.82, 2.24) is 15.3 Å². The van der Waals surface area contributed by atoms with Gasteiger partial charge in [0.05, 0.1) is 19.4 Å². The molecule has 1 amide bonds. The average Bonchev–Trinajstić information content (AvgIpc) is 2.99. The number of amides is 1. The molecule has 1 saturated heterocycles. The Bertz CT molecular complexity index is 634. The largest absolute Gasteiger partial charge is 0.379 e. The summed E-state index contributed by atoms with van der Waals surface area (Å²) >= 11 is 12.0. The predicted octanol–water partition coefficient (Wildman–Crippen LogP) is 2.15. The molecule has 1 aliphatic heterocycles. The molecular weight excluding hydrogens is 339 g/mol. The molecule has 1 aromatic heterocycles. The van der Waals surface area contributed by atoms with E-state index in [-0.39, 0.29) is 5.69 Å². The topological polar surface area (TPSA) is 93.0 Å². The second kappa shape index (κ2) is 8.88. The van der Waals surface area contributed by atoms with Gasteiger partial charge in [-0.15, -0.1) is 0 Å². The van der Waals surface area contributed by atoms with Crippen LogP contribution in [0, 0.1) is 0 Å². The van der Waals surface area contributed by atoms with Crippen molar-refractivity contribution in [3.05, 3.63) is 46.0 Å². The van der Waals surface area contributed by atoms with Crippen LogP contribution in [0.1, 0.15) is 22.7 Å². The Kier molecular flexibility index (Phi) is 6.85. The summed E-state index contributed by atoms with van der Waals surface area (Å²) in [4.78, 5) is 17.8. The molecule has 0 radical (unpaired) electrons. The van der Waals surface area contributed by atoms with Crippen molar-refractivity contribution in [2.45, 2.75) is 6.42 Å². The van der Waals surface area contributed by atoms with Crippen LogP contribution in [-0.4, -0.2) is 42.2 Å². The summed E-state index contributed by atoms with van der Waals surface area (Å²) in [6, 6.07) is 0. The first kappa shape index (κ1) is 17.7. The molecule has 0 saturated carbocycles. The third-order valence-electron chi connectivity index (χ3n) is 3.11. The molecule has 0 aromatic carbocycles. The van der Waals surface area contributed by atoms with Gasteiger partial charge in [0, 0.05) is 35.1 Å². The van der Waals surface area contributed by atoms with Crippen LogP contribution < -0.4 is 11.1 Å². The highest BCUT2D eigenvalue weighted by Gasteiger charge is 2.13. The Morgan fingerprint density at radius 1 is 1.26 bits per heavy atom. The molecule has 0 spiro atoms. The second-order valence-corrected chi connectivity index (χ2v) is 5.71. The number of halogens is 2. The lowest BCUT2D eigenvalue weighted by Crippen LogP contribution is -2.30. The van der Waals surface area contributed by atoms with Gasteiger partial charge in [-0.3, -0.25) is 4.79 Å². The van der Waals surface area contributed by atoms with Gasteiger partial charge in [0.15, 0.2) is 0 Å². The number of morpholine rings is 1. The fraction of sp³-hybridized carbons (Fsp3) is 0.333. The second-order valence-electron chi connectivity index (χ2n) is 4.82. The number of aromatic nitrogens is 2. The zero-order valence-corrected chi connectivity index (χ0v) is 14.0. The van der Waals surface area contributed by atoms with Crippen LogP contribution in [0.3, 0.4) is 0 Å². The molecule has 0 bridgehead atoms. The van der Waals surface area contributed by atoms with Crippen LogP contribution in [0.4, 0.5) is 0 Å². The minimum Gasteiger partial charge on any atom is -0.379 e. The summed E-state index contributed by atoms with van der Waals surface area (Å²) in [5.41, 5.74) is 6.05. The van der Waals surface area contributed by atoms with Gasteiger partial charge in [-0.05, 0) is 12.2 Å². The van der Waals surface area contributed by atoms with Crippen LogP contribution in [0.25, 0.3) is 5.57 Å². The smallest absolute Gasteiger partial charge is 0.266 e. The van der Waals surface area contributed by atoms with Crippen molar-refractivity contribution >= 4 is 34.7 Å². The molecular formula is C15H18Cl2N4O2. The van der Waals surface area contributed by atoms with E-state index < -0.39 is 5.91 Å². The third kappa shape index (κ3) is 5.51. The van der Waals surface area contributed by atoms with Gasteiger partial charge in [0.25, 0.3) is 5.91 Å². The van der Waals surface area contributed by atoms with Crippen molar-refractivity contribution in [3.63, 3.8) is 0 Å². The molecule has 4 N–H and O–H groups in total. The van der Waals surface area contributed by atoms with E-state index in [9.17, 15) is 4.79 Å². The molecule has 124 valence electrons. The maximum atomic E-state index is 10.9.